The average molecular weight is 424 g/mol. The van der Waals surface area contributed by atoms with E-state index in [-0.39, 0.29) is 11.5 Å². The third-order valence-corrected chi connectivity index (χ3v) is 5.05. The Labute approximate surface area is 160 Å². The van der Waals surface area contributed by atoms with Gasteiger partial charge in [-0.1, -0.05) is 47.0 Å². The molecule has 0 bridgehead atoms. The van der Waals surface area contributed by atoms with Gasteiger partial charge in [0, 0.05) is 5.88 Å². The lowest BCUT2D eigenvalue weighted by Gasteiger charge is -2.16. The van der Waals surface area contributed by atoms with Gasteiger partial charge in [0.25, 0.3) is 0 Å². The maximum atomic E-state index is 10.5. The molecular weight excluding hydrogens is 386 g/mol. The second kappa shape index (κ2) is 18.8. The molecule has 0 heterocycles. The van der Waals surface area contributed by atoms with Crippen LogP contribution in [0.1, 0.15) is 59.8 Å². The number of nitrogens with zero attached hydrogens (tertiary/aromatic N) is 1. The Kier molecular flexibility index (Phi) is 22.5. The van der Waals surface area contributed by atoms with Gasteiger partial charge in [0.15, 0.2) is 0 Å². The fraction of sp³-hybridized carbons (Fsp3) is 1.00. The number of rotatable bonds is 11. The molecule has 0 fully saturated rings. The maximum Gasteiger partial charge on any atom is 0.209 e. The second-order valence-electron chi connectivity index (χ2n) is 5.51. The van der Waals surface area contributed by atoms with Gasteiger partial charge < -0.3 is 4.90 Å². The number of primary sulfonamides is 2. The van der Waals surface area contributed by atoms with Crippen molar-refractivity contribution in [3.8, 4) is 0 Å². The van der Waals surface area contributed by atoms with Crippen LogP contribution in [-0.4, -0.2) is 58.8 Å². The molecule has 0 radical (unpaired) electrons. The minimum Gasteiger partial charge on any atom is -0.304 e. The molecule has 10 heteroatoms. The van der Waals surface area contributed by atoms with Gasteiger partial charge in [-0.3, -0.25) is 0 Å². The third-order valence-electron chi connectivity index (χ3n) is 3.07. The van der Waals surface area contributed by atoms with E-state index < -0.39 is 20.0 Å². The minimum absolute atomic E-state index is 0.0174. The van der Waals surface area contributed by atoms with Crippen LogP contribution in [0.5, 0.6) is 0 Å². The van der Waals surface area contributed by atoms with Crippen molar-refractivity contribution in [1.82, 2.24) is 4.90 Å². The highest BCUT2D eigenvalue weighted by Crippen LogP contribution is 1.92. The average Bonchev–Trinajstić information content (AvgIpc) is 2.50. The van der Waals surface area contributed by atoms with E-state index in [1.54, 1.807) is 0 Å². The van der Waals surface area contributed by atoms with E-state index in [4.69, 9.17) is 16.7 Å². The largest absolute Gasteiger partial charge is 0.304 e. The molecular formula is C15H38ClN3O4S2. The molecule has 25 heavy (non-hydrogen) atoms. The summed E-state index contributed by atoms with van der Waals surface area (Å²) < 4.78 is 41.3. The zero-order chi connectivity index (χ0) is 20.4. The second-order valence-corrected chi connectivity index (χ2v) is 9.36. The van der Waals surface area contributed by atoms with Crippen molar-refractivity contribution in [2.24, 2.45) is 10.3 Å². The van der Waals surface area contributed by atoms with E-state index in [0.717, 1.165) is 19.6 Å². The Morgan fingerprint density at radius 3 is 1.36 bits per heavy atom. The first kappa shape index (κ1) is 29.8. The first-order valence-electron chi connectivity index (χ1n) is 8.76. The monoisotopic (exact) mass is 423 g/mol. The SMILES string of the molecule is CCCCC.CCN(CC)CCCS(N)(=O)=O.NS(=O)(=O)CCCCl. The summed E-state index contributed by atoms with van der Waals surface area (Å²) >= 11 is 5.19. The van der Waals surface area contributed by atoms with Crippen LogP contribution in [0.4, 0.5) is 0 Å². The van der Waals surface area contributed by atoms with Gasteiger partial charge in [-0.25, -0.2) is 27.1 Å². The van der Waals surface area contributed by atoms with Crippen molar-refractivity contribution in [3.05, 3.63) is 0 Å². The van der Waals surface area contributed by atoms with Gasteiger partial charge in [0.1, 0.15) is 0 Å². The Balaban J connectivity index is -0.000000321. The van der Waals surface area contributed by atoms with Gasteiger partial charge in [-0.15, -0.1) is 11.6 Å². The first-order valence-corrected chi connectivity index (χ1v) is 12.7. The molecule has 156 valence electrons. The van der Waals surface area contributed by atoms with Crippen LogP contribution in [0, 0.1) is 0 Å². The standard InChI is InChI=1S/C7H18N2O2S.C5H12.C3H8ClNO2S/c1-3-9(4-2)6-5-7-12(8,10)11;1-3-5-4-2;4-2-1-3-8(5,6)7/h3-7H2,1-2H3,(H2,8,10,11);3-5H2,1-2H3;1-3H2,(H2,5,6,7). The van der Waals surface area contributed by atoms with E-state index in [0.29, 0.717) is 18.7 Å². The highest BCUT2D eigenvalue weighted by atomic mass is 35.5. The molecule has 0 aliphatic heterocycles. The first-order chi connectivity index (χ1) is 11.5. The van der Waals surface area contributed by atoms with Crippen LogP contribution in [0.3, 0.4) is 0 Å². The van der Waals surface area contributed by atoms with Crippen LogP contribution in [0.25, 0.3) is 0 Å². The van der Waals surface area contributed by atoms with Gasteiger partial charge in [-0.05, 0) is 32.5 Å². The van der Waals surface area contributed by atoms with E-state index in [1.165, 1.54) is 19.3 Å². The van der Waals surface area contributed by atoms with Gasteiger partial charge in [-0.2, -0.15) is 0 Å². The summed E-state index contributed by atoms with van der Waals surface area (Å²) in [6, 6.07) is 0. The minimum atomic E-state index is -3.27. The molecule has 0 spiro atoms. The van der Waals surface area contributed by atoms with Crippen LogP contribution in [0.2, 0.25) is 0 Å². The number of sulfonamides is 2. The molecule has 0 rings (SSSR count). The van der Waals surface area contributed by atoms with E-state index in [9.17, 15) is 16.8 Å². The van der Waals surface area contributed by atoms with Crippen molar-refractivity contribution >= 4 is 31.6 Å². The van der Waals surface area contributed by atoms with Crippen LogP contribution in [-0.2, 0) is 20.0 Å². The number of halogens is 1. The molecule has 0 saturated heterocycles. The molecule has 0 amide bonds. The third kappa shape index (κ3) is 35.9. The normalized spacial score (nSPS) is 11.4. The van der Waals surface area contributed by atoms with Gasteiger partial charge in [0.05, 0.1) is 11.5 Å². The Hall–Kier alpha value is 0.0700. The number of alkyl halides is 1. The summed E-state index contributed by atoms with van der Waals surface area (Å²) in [4.78, 5) is 2.17. The Morgan fingerprint density at radius 1 is 0.760 bits per heavy atom. The van der Waals surface area contributed by atoms with E-state index in [2.05, 4.69) is 37.7 Å². The summed E-state index contributed by atoms with van der Waals surface area (Å²) in [5.41, 5.74) is 0. The van der Waals surface area contributed by atoms with E-state index >= 15 is 0 Å². The van der Waals surface area contributed by atoms with Crippen LogP contribution in [0.15, 0.2) is 0 Å². The Morgan fingerprint density at radius 2 is 1.16 bits per heavy atom. The lowest BCUT2D eigenvalue weighted by molar-refractivity contribution is 0.305. The fourth-order valence-electron chi connectivity index (χ4n) is 1.64. The number of unbranched alkanes of at least 4 members (excludes halogenated alkanes) is 2. The number of hydrogen-bond donors (Lipinski definition) is 2. The summed E-state index contributed by atoms with van der Waals surface area (Å²) in [5, 5.41) is 9.49. The summed E-state index contributed by atoms with van der Waals surface area (Å²) in [5.74, 6) is 0.413. The van der Waals surface area contributed by atoms with Crippen molar-refractivity contribution in [2.75, 3.05) is 37.0 Å². The quantitative estimate of drug-likeness (QED) is 0.492. The molecule has 0 aliphatic rings. The topological polar surface area (TPSA) is 124 Å². The highest BCUT2D eigenvalue weighted by Gasteiger charge is 2.04. The molecule has 7 nitrogen and oxygen atoms in total. The Bertz CT molecular complexity index is 465. The van der Waals surface area contributed by atoms with Gasteiger partial charge in [0.2, 0.25) is 20.0 Å². The zero-order valence-electron chi connectivity index (χ0n) is 16.2. The maximum absolute atomic E-state index is 10.5. The summed E-state index contributed by atoms with van der Waals surface area (Å²) in [7, 11) is -6.53. The molecule has 0 aromatic heterocycles. The van der Waals surface area contributed by atoms with Crippen molar-refractivity contribution in [2.45, 2.75) is 59.8 Å². The van der Waals surface area contributed by atoms with Crippen LogP contribution >= 0.6 is 11.6 Å². The predicted octanol–water partition coefficient (Wildman–Crippen LogP) is 2.11. The lowest BCUT2D eigenvalue weighted by Crippen LogP contribution is -2.27. The summed E-state index contributed by atoms with van der Waals surface area (Å²) in [6.07, 6.45) is 5.13. The van der Waals surface area contributed by atoms with Crippen LogP contribution < -0.4 is 10.3 Å². The summed E-state index contributed by atoms with van der Waals surface area (Å²) in [6.45, 7) is 11.3. The molecule has 0 aromatic rings. The van der Waals surface area contributed by atoms with Crippen molar-refractivity contribution < 1.29 is 16.8 Å². The number of hydrogen-bond acceptors (Lipinski definition) is 5. The molecule has 0 unspecified atom stereocenters. The van der Waals surface area contributed by atoms with Crippen molar-refractivity contribution in [1.29, 1.82) is 0 Å². The number of nitrogens with two attached hydrogens (primary N) is 2. The highest BCUT2D eigenvalue weighted by molar-refractivity contribution is 7.89. The molecule has 0 saturated carbocycles. The molecule has 0 atom stereocenters. The zero-order valence-corrected chi connectivity index (χ0v) is 18.6. The molecule has 4 N–H and O–H groups in total. The fourth-order valence-corrected chi connectivity index (χ4v) is 3.01. The predicted molar refractivity (Wildman–Crippen MR) is 109 cm³/mol. The van der Waals surface area contributed by atoms with Crippen molar-refractivity contribution in [3.63, 3.8) is 0 Å². The van der Waals surface area contributed by atoms with Gasteiger partial charge >= 0.3 is 0 Å². The smallest absolute Gasteiger partial charge is 0.209 e. The lowest BCUT2D eigenvalue weighted by atomic mass is 10.3. The van der Waals surface area contributed by atoms with E-state index in [1.807, 2.05) is 0 Å². The molecule has 0 aromatic carbocycles. The molecule has 0 aliphatic carbocycles.